The summed E-state index contributed by atoms with van der Waals surface area (Å²) in [5.74, 6) is -3.46. The molecule has 0 aliphatic carbocycles. The van der Waals surface area contributed by atoms with Gasteiger partial charge in [0.25, 0.3) is 5.91 Å². The Morgan fingerprint density at radius 1 is 1.07 bits per heavy atom. The molecule has 30 heavy (non-hydrogen) atoms. The van der Waals surface area contributed by atoms with Gasteiger partial charge in [0.05, 0.1) is 6.20 Å². The summed E-state index contributed by atoms with van der Waals surface area (Å²) in [6.45, 7) is -0.307. The number of carbonyl (C=O) groups is 2. The second kappa shape index (κ2) is 9.23. The molecule has 1 aromatic heterocycles. The van der Waals surface area contributed by atoms with Crippen LogP contribution < -0.4 is 0 Å². The van der Waals surface area contributed by atoms with Crippen molar-refractivity contribution in [2.45, 2.75) is 19.6 Å². The van der Waals surface area contributed by atoms with Crippen molar-refractivity contribution in [2.24, 2.45) is 0 Å². The number of carbonyl (C=O) groups excluding carboxylic acids is 1. The maximum Gasteiger partial charge on any atom is 0.325 e. The van der Waals surface area contributed by atoms with Gasteiger partial charge in [-0.05, 0) is 29.8 Å². The summed E-state index contributed by atoms with van der Waals surface area (Å²) in [7, 11) is 0. The van der Waals surface area contributed by atoms with Gasteiger partial charge < -0.3 is 10.0 Å². The summed E-state index contributed by atoms with van der Waals surface area (Å²) in [4.78, 5) is 25.2. The zero-order valence-electron chi connectivity index (χ0n) is 15.4. The lowest BCUT2D eigenvalue weighted by molar-refractivity contribution is -0.137. The topological polar surface area (TPSA) is 75.4 Å². The fraction of sp³-hybridized carbons (Fsp3) is 0.150. The van der Waals surface area contributed by atoms with E-state index in [0.717, 1.165) is 12.1 Å². The van der Waals surface area contributed by atoms with Crippen molar-refractivity contribution in [1.29, 1.82) is 0 Å². The van der Waals surface area contributed by atoms with E-state index in [9.17, 15) is 18.4 Å². The smallest absolute Gasteiger partial charge is 0.325 e. The van der Waals surface area contributed by atoms with Crippen molar-refractivity contribution in [3.05, 3.63) is 87.2 Å². The van der Waals surface area contributed by atoms with Crippen molar-refractivity contribution in [1.82, 2.24) is 14.7 Å². The lowest BCUT2D eigenvalue weighted by Gasteiger charge is -2.23. The molecule has 2 aromatic carbocycles. The van der Waals surface area contributed by atoms with Crippen molar-refractivity contribution in [3.63, 3.8) is 0 Å². The van der Waals surface area contributed by atoms with Crippen LogP contribution in [0.1, 0.15) is 21.5 Å². The number of hydrogen-bond donors (Lipinski definition) is 1. The molecule has 3 rings (SSSR count). The normalized spacial score (nSPS) is 10.8. The standard InChI is InChI=1S/C20H15Cl2F2N3O3/c21-15-2-1-13(18(22)5-15)10-26(8-12-7-25-27(9-12)11-19(28)29)20(30)14-3-16(23)6-17(24)4-14/h1-7,9H,8,10-11H2,(H,28,29). The van der Waals surface area contributed by atoms with Gasteiger partial charge in [0.15, 0.2) is 0 Å². The highest BCUT2D eigenvalue weighted by molar-refractivity contribution is 6.35. The average Bonchev–Trinajstić information content (AvgIpc) is 3.08. The number of aliphatic carboxylic acids is 1. The van der Waals surface area contributed by atoms with Crippen LogP contribution >= 0.6 is 23.2 Å². The molecule has 0 radical (unpaired) electrons. The number of aromatic nitrogens is 2. The van der Waals surface area contributed by atoms with Crippen LogP contribution in [0.4, 0.5) is 8.78 Å². The highest BCUT2D eigenvalue weighted by atomic mass is 35.5. The van der Waals surface area contributed by atoms with E-state index in [2.05, 4.69) is 5.10 Å². The van der Waals surface area contributed by atoms with Gasteiger partial charge in [0.1, 0.15) is 18.2 Å². The first kappa shape index (κ1) is 21.7. The highest BCUT2D eigenvalue weighted by Crippen LogP contribution is 2.24. The van der Waals surface area contributed by atoms with E-state index < -0.39 is 23.5 Å². The van der Waals surface area contributed by atoms with Crippen molar-refractivity contribution < 1.29 is 23.5 Å². The summed E-state index contributed by atoms with van der Waals surface area (Å²) in [6, 6.07) is 7.33. The molecule has 0 fully saturated rings. The first-order chi connectivity index (χ1) is 14.2. The van der Waals surface area contributed by atoms with Gasteiger partial charge in [-0.1, -0.05) is 29.3 Å². The molecule has 10 heteroatoms. The third-order valence-corrected chi connectivity index (χ3v) is 4.72. The number of nitrogens with zero attached hydrogens (tertiary/aromatic N) is 3. The number of carboxylic acid groups (broad SMARTS) is 1. The van der Waals surface area contributed by atoms with E-state index in [4.69, 9.17) is 28.3 Å². The van der Waals surface area contributed by atoms with Gasteiger partial charge >= 0.3 is 5.97 Å². The SMILES string of the molecule is O=C(O)Cn1cc(CN(Cc2ccc(Cl)cc2Cl)C(=O)c2cc(F)cc(F)c2)cn1. The van der Waals surface area contributed by atoms with Gasteiger partial charge in [0, 0.05) is 46.5 Å². The summed E-state index contributed by atoms with van der Waals surface area (Å²) in [5.41, 5.74) is 0.936. The van der Waals surface area contributed by atoms with Crippen LogP contribution in [0.5, 0.6) is 0 Å². The molecule has 156 valence electrons. The number of rotatable bonds is 7. The van der Waals surface area contributed by atoms with Crippen molar-refractivity contribution in [3.8, 4) is 0 Å². The predicted octanol–water partition coefficient (Wildman–Crippen LogP) is 4.40. The number of amides is 1. The zero-order chi connectivity index (χ0) is 21.8. The van der Waals surface area contributed by atoms with Gasteiger partial charge in [-0.15, -0.1) is 0 Å². The number of hydrogen-bond acceptors (Lipinski definition) is 3. The molecular weight excluding hydrogens is 439 g/mol. The maximum absolute atomic E-state index is 13.6. The van der Waals surface area contributed by atoms with Crippen LogP contribution in [0.25, 0.3) is 0 Å². The maximum atomic E-state index is 13.6. The molecule has 0 spiro atoms. The van der Waals surface area contributed by atoms with Gasteiger partial charge in [-0.25, -0.2) is 8.78 Å². The molecule has 0 aliphatic rings. The van der Waals surface area contributed by atoms with Gasteiger partial charge in [-0.2, -0.15) is 5.10 Å². The molecular formula is C20H15Cl2F2N3O3. The van der Waals surface area contributed by atoms with Crippen molar-refractivity contribution in [2.75, 3.05) is 0 Å². The molecule has 6 nitrogen and oxygen atoms in total. The van der Waals surface area contributed by atoms with Gasteiger partial charge in [-0.3, -0.25) is 14.3 Å². The molecule has 0 atom stereocenters. The summed E-state index contributed by atoms with van der Waals surface area (Å²) < 4.78 is 28.5. The van der Waals surface area contributed by atoms with E-state index in [1.807, 2.05) is 0 Å². The number of halogens is 4. The minimum absolute atomic E-state index is 0.00946. The number of carboxylic acids is 1. The Hall–Kier alpha value is -2.97. The van der Waals surface area contributed by atoms with E-state index in [1.165, 1.54) is 28.0 Å². The monoisotopic (exact) mass is 453 g/mol. The number of benzene rings is 2. The molecule has 0 saturated carbocycles. The molecule has 1 N–H and O–H groups in total. The second-order valence-electron chi connectivity index (χ2n) is 6.49. The summed E-state index contributed by atoms with van der Waals surface area (Å²) >= 11 is 12.1. The third kappa shape index (κ3) is 5.55. The third-order valence-electron chi connectivity index (χ3n) is 4.13. The summed E-state index contributed by atoms with van der Waals surface area (Å²) in [5, 5.41) is 13.6. The Kier molecular flexibility index (Phi) is 6.69. The van der Waals surface area contributed by atoms with E-state index in [1.54, 1.807) is 12.1 Å². The van der Waals surface area contributed by atoms with Crippen LogP contribution in [-0.4, -0.2) is 31.7 Å². The van der Waals surface area contributed by atoms with E-state index in [-0.39, 0.29) is 25.2 Å². The second-order valence-corrected chi connectivity index (χ2v) is 7.34. The first-order valence-corrected chi connectivity index (χ1v) is 9.39. The molecule has 0 unspecified atom stereocenters. The Morgan fingerprint density at radius 2 is 1.77 bits per heavy atom. The largest absolute Gasteiger partial charge is 0.480 e. The average molecular weight is 454 g/mol. The molecule has 0 aliphatic heterocycles. The minimum Gasteiger partial charge on any atom is -0.480 e. The minimum atomic E-state index is -1.07. The predicted molar refractivity (Wildman–Crippen MR) is 106 cm³/mol. The van der Waals surface area contributed by atoms with Crippen LogP contribution in [-0.2, 0) is 24.4 Å². The molecule has 0 saturated heterocycles. The fourth-order valence-corrected chi connectivity index (χ4v) is 3.32. The molecule has 0 bridgehead atoms. The molecule has 1 heterocycles. The quantitative estimate of drug-likeness (QED) is 0.575. The van der Waals surface area contributed by atoms with Crippen LogP contribution in [0.2, 0.25) is 10.0 Å². The zero-order valence-corrected chi connectivity index (χ0v) is 16.9. The van der Waals surface area contributed by atoms with Crippen LogP contribution in [0.3, 0.4) is 0 Å². The fourth-order valence-electron chi connectivity index (χ4n) is 2.85. The van der Waals surface area contributed by atoms with Crippen LogP contribution in [0.15, 0.2) is 48.8 Å². The van der Waals surface area contributed by atoms with Crippen molar-refractivity contribution >= 4 is 35.1 Å². The van der Waals surface area contributed by atoms with E-state index in [0.29, 0.717) is 27.2 Å². The van der Waals surface area contributed by atoms with Crippen LogP contribution in [0, 0.1) is 11.6 Å². The lowest BCUT2D eigenvalue weighted by Crippen LogP contribution is -2.30. The molecule has 1 amide bonds. The Morgan fingerprint density at radius 3 is 2.40 bits per heavy atom. The highest BCUT2D eigenvalue weighted by Gasteiger charge is 2.20. The first-order valence-electron chi connectivity index (χ1n) is 8.63. The Labute approximate surface area is 180 Å². The lowest BCUT2D eigenvalue weighted by atomic mass is 10.1. The van der Waals surface area contributed by atoms with E-state index >= 15 is 0 Å². The Bertz CT molecular complexity index is 1080. The Balaban J connectivity index is 1.91. The molecule has 3 aromatic rings. The summed E-state index contributed by atoms with van der Waals surface area (Å²) in [6.07, 6.45) is 2.89. The van der Waals surface area contributed by atoms with Gasteiger partial charge in [0.2, 0.25) is 0 Å².